The summed E-state index contributed by atoms with van der Waals surface area (Å²) in [5, 5.41) is 10.6. The van der Waals surface area contributed by atoms with Crippen LogP contribution < -0.4 is 0 Å². The van der Waals surface area contributed by atoms with Crippen LogP contribution in [0.4, 0.5) is 0 Å². The summed E-state index contributed by atoms with van der Waals surface area (Å²) in [7, 11) is -9.98. The van der Waals surface area contributed by atoms with E-state index in [1.807, 2.05) is 0 Å². The lowest BCUT2D eigenvalue weighted by Gasteiger charge is -2.21. The zero-order chi connectivity index (χ0) is 76.0. The summed E-state index contributed by atoms with van der Waals surface area (Å²) in [5.74, 6) is -2.24. The van der Waals surface area contributed by atoms with E-state index in [0.717, 1.165) is 180 Å². The maximum Gasteiger partial charge on any atom is 0.472 e. The number of carbonyl (C=O) groups is 4. The zero-order valence-electron chi connectivity index (χ0n) is 65.4. The molecule has 0 spiro atoms. The Labute approximate surface area is 632 Å². The molecular weight excluding hydrogens is 1350 g/mol. The molecule has 0 rings (SSSR count). The summed E-state index contributed by atoms with van der Waals surface area (Å²) in [5.41, 5.74) is 0. The third-order valence-corrected chi connectivity index (χ3v) is 18.8. The number of esters is 4. The van der Waals surface area contributed by atoms with Gasteiger partial charge in [-0.1, -0.05) is 271 Å². The van der Waals surface area contributed by atoms with Crippen molar-refractivity contribution in [3.8, 4) is 0 Å². The molecule has 0 amide bonds. The second kappa shape index (κ2) is 76.6. The summed E-state index contributed by atoms with van der Waals surface area (Å²) >= 11 is 0. The van der Waals surface area contributed by atoms with Crippen LogP contribution in [0.1, 0.15) is 336 Å². The van der Waals surface area contributed by atoms with Crippen molar-refractivity contribution in [3.63, 3.8) is 0 Å². The highest BCUT2D eigenvalue weighted by Gasteiger charge is 2.30. The van der Waals surface area contributed by atoms with Gasteiger partial charge in [0.15, 0.2) is 12.2 Å². The number of hydrogen-bond donors (Lipinski definition) is 3. The summed E-state index contributed by atoms with van der Waals surface area (Å²) in [6.45, 7) is 4.65. The molecule has 0 aromatic heterocycles. The van der Waals surface area contributed by atoms with Crippen LogP contribution in [0.2, 0.25) is 0 Å². The van der Waals surface area contributed by atoms with Gasteiger partial charge in [-0.05, 0) is 161 Å². The first-order chi connectivity index (χ1) is 50.7. The topological polar surface area (TPSA) is 237 Å². The number of ether oxygens (including phenoxy) is 4. The van der Waals surface area contributed by atoms with Gasteiger partial charge < -0.3 is 33.8 Å². The van der Waals surface area contributed by atoms with E-state index in [4.69, 9.17) is 37.0 Å². The normalized spacial score (nSPS) is 14.5. The molecule has 0 heterocycles. The number of unbranched alkanes of at least 4 members (excludes halogenated alkanes) is 30. The molecule has 598 valence electrons. The van der Waals surface area contributed by atoms with Crippen molar-refractivity contribution in [2.45, 2.75) is 354 Å². The Hall–Kier alpha value is -4.54. The van der Waals surface area contributed by atoms with E-state index in [1.54, 1.807) is 0 Å². The molecule has 0 aromatic rings. The van der Waals surface area contributed by atoms with Gasteiger partial charge in [0.25, 0.3) is 0 Å². The number of allylic oxidation sites excluding steroid dienone is 20. The maximum atomic E-state index is 13.1. The lowest BCUT2D eigenvalue weighted by atomic mass is 10.1. The number of rotatable bonds is 76. The van der Waals surface area contributed by atoms with Gasteiger partial charge in [0.1, 0.15) is 19.3 Å². The van der Waals surface area contributed by atoms with Crippen molar-refractivity contribution in [2.75, 3.05) is 39.6 Å². The predicted octanol–water partition coefficient (Wildman–Crippen LogP) is 23.9. The van der Waals surface area contributed by atoms with E-state index in [-0.39, 0.29) is 25.7 Å². The Kier molecular flexibility index (Phi) is 73.3. The summed E-state index contributed by atoms with van der Waals surface area (Å²) < 4.78 is 68.6. The van der Waals surface area contributed by atoms with Crippen LogP contribution in [0.3, 0.4) is 0 Å². The summed E-state index contributed by atoms with van der Waals surface area (Å²) in [6, 6.07) is 0. The molecule has 17 nitrogen and oxygen atoms in total. The van der Waals surface area contributed by atoms with Crippen LogP contribution in [-0.2, 0) is 65.4 Å². The Balaban J connectivity index is 5.42. The molecule has 3 N–H and O–H groups in total. The van der Waals surface area contributed by atoms with E-state index in [9.17, 15) is 43.2 Å². The number of hydrogen-bond acceptors (Lipinski definition) is 15. The fourth-order valence-electron chi connectivity index (χ4n) is 10.7. The van der Waals surface area contributed by atoms with Crippen LogP contribution in [0, 0.1) is 0 Å². The van der Waals surface area contributed by atoms with Crippen LogP contribution >= 0.6 is 15.6 Å². The fourth-order valence-corrected chi connectivity index (χ4v) is 12.2. The molecular formula is C85H146O17P2. The average molecular weight is 1500 g/mol. The van der Waals surface area contributed by atoms with Gasteiger partial charge >= 0.3 is 39.5 Å². The van der Waals surface area contributed by atoms with Crippen molar-refractivity contribution in [3.05, 3.63) is 122 Å². The highest BCUT2D eigenvalue weighted by molar-refractivity contribution is 7.47. The van der Waals surface area contributed by atoms with E-state index in [2.05, 4.69) is 149 Å². The molecule has 0 radical (unpaired) electrons. The van der Waals surface area contributed by atoms with E-state index >= 15 is 0 Å². The van der Waals surface area contributed by atoms with Gasteiger partial charge in [-0.25, -0.2) is 9.13 Å². The Morgan fingerprint density at radius 2 is 0.500 bits per heavy atom. The van der Waals surface area contributed by atoms with Crippen molar-refractivity contribution in [1.29, 1.82) is 0 Å². The molecule has 19 heteroatoms. The minimum absolute atomic E-state index is 0.0687. The largest absolute Gasteiger partial charge is 0.472 e. The number of aliphatic hydroxyl groups excluding tert-OH is 1. The molecule has 0 fully saturated rings. The summed E-state index contributed by atoms with van der Waals surface area (Å²) in [6.07, 6.45) is 84.5. The average Bonchev–Trinajstić information content (AvgIpc) is 0.918. The standard InChI is InChI=1S/C85H146O17P2/c1-5-9-13-17-21-25-29-33-37-38-39-40-44-46-50-54-58-62-66-70-83(88)96-76-81(102-85(90)72-68-64-60-56-52-48-43-36-32-28-24-20-16-12-8-4)78-100-104(93,94)98-74-79(86)73-97-103(91,92)99-77-80(101-84(89)71-67-63-59-55-51-47-42-35-31-27-23-19-15-11-7-3)75-95-82(87)69-65-61-57-53-49-45-41-34-30-26-22-18-14-10-6-2/h9,13,21,23-25,27-28,33-37,39-43,46,50,79-81,86H,5-8,10-12,14-20,22,26,29-32,38,44-45,47-49,51-78H2,1-4H3,(H,91,92)(H,93,94)/b13-9-,25-21-,27-23-,28-24-,37-33-,40-39-,41-34-,42-35-,43-36-,50-46-/t79-,80+,81+/m0/s1. The molecule has 0 aromatic carbocycles. The first-order valence-electron chi connectivity index (χ1n) is 40.8. The Morgan fingerprint density at radius 1 is 0.279 bits per heavy atom. The Morgan fingerprint density at radius 3 is 0.808 bits per heavy atom. The monoisotopic (exact) mass is 1500 g/mol. The van der Waals surface area contributed by atoms with Crippen molar-refractivity contribution < 1.29 is 80.2 Å². The third kappa shape index (κ3) is 75.7. The molecule has 0 aliphatic rings. The first-order valence-corrected chi connectivity index (χ1v) is 43.8. The second-order valence-corrected chi connectivity index (χ2v) is 29.9. The van der Waals surface area contributed by atoms with Crippen LogP contribution in [0.15, 0.2) is 122 Å². The molecule has 0 bridgehead atoms. The highest BCUT2D eigenvalue weighted by Crippen LogP contribution is 2.45. The fraction of sp³-hybridized carbons (Fsp3) is 0.718. The first kappa shape index (κ1) is 99.5. The van der Waals surface area contributed by atoms with E-state index in [0.29, 0.717) is 25.7 Å². The number of carbonyl (C=O) groups excluding carboxylic acids is 4. The lowest BCUT2D eigenvalue weighted by Crippen LogP contribution is -2.30. The van der Waals surface area contributed by atoms with Gasteiger partial charge in [-0.2, -0.15) is 0 Å². The minimum Gasteiger partial charge on any atom is -0.462 e. The SMILES string of the molecule is CC/C=C\C/C=C\C/C=C\C/C=C\C/C=C\CCCCCC(=O)OC[C@H](COP(=O)(O)OC[C@@H](O)COP(=O)(O)OC[C@@H](COC(=O)CCCCCCC/C=C\CCCCCCCC)OC(=O)CCCCCCC/C=C\C/C=C\CCCCC)OC(=O)CCCCCCC/C=C\C/C=C\CCCCC. The molecule has 0 saturated heterocycles. The zero-order valence-corrected chi connectivity index (χ0v) is 67.2. The second-order valence-electron chi connectivity index (χ2n) is 27.0. The molecule has 104 heavy (non-hydrogen) atoms. The van der Waals surface area contributed by atoms with Gasteiger partial charge in [0.05, 0.1) is 26.4 Å². The van der Waals surface area contributed by atoms with E-state index in [1.165, 1.54) is 77.0 Å². The van der Waals surface area contributed by atoms with Crippen molar-refractivity contribution >= 4 is 39.5 Å². The molecule has 0 aliphatic carbocycles. The lowest BCUT2D eigenvalue weighted by molar-refractivity contribution is -0.161. The van der Waals surface area contributed by atoms with Gasteiger partial charge in [0, 0.05) is 25.7 Å². The number of phosphoric acid groups is 2. The van der Waals surface area contributed by atoms with Crippen LogP contribution in [-0.4, -0.2) is 96.7 Å². The third-order valence-electron chi connectivity index (χ3n) is 16.9. The molecule has 5 atom stereocenters. The van der Waals surface area contributed by atoms with Crippen molar-refractivity contribution in [1.82, 2.24) is 0 Å². The van der Waals surface area contributed by atoms with Crippen LogP contribution in [0.5, 0.6) is 0 Å². The minimum atomic E-state index is -4.99. The number of aliphatic hydroxyl groups is 1. The van der Waals surface area contributed by atoms with Crippen molar-refractivity contribution in [2.24, 2.45) is 0 Å². The Bertz CT molecular complexity index is 2440. The van der Waals surface area contributed by atoms with E-state index < -0.39 is 97.5 Å². The van der Waals surface area contributed by atoms with Gasteiger partial charge in [-0.15, -0.1) is 0 Å². The maximum absolute atomic E-state index is 13.1. The van der Waals surface area contributed by atoms with Gasteiger partial charge in [-0.3, -0.25) is 37.3 Å². The predicted molar refractivity (Wildman–Crippen MR) is 427 cm³/mol. The smallest absolute Gasteiger partial charge is 0.462 e. The summed E-state index contributed by atoms with van der Waals surface area (Å²) in [4.78, 5) is 73.1. The molecule has 0 aliphatic heterocycles. The molecule has 0 saturated carbocycles. The molecule has 2 unspecified atom stereocenters. The van der Waals surface area contributed by atoms with Gasteiger partial charge in [0.2, 0.25) is 0 Å². The quantitative estimate of drug-likeness (QED) is 0.0169. The van der Waals surface area contributed by atoms with Crippen LogP contribution in [0.25, 0.3) is 0 Å². The number of phosphoric ester groups is 2. The highest BCUT2D eigenvalue weighted by atomic mass is 31.2.